The van der Waals surface area contributed by atoms with E-state index in [4.69, 9.17) is 0 Å². The molecule has 2 heterocycles. The number of aromatic amines is 1. The fraction of sp³-hybridized carbons (Fsp3) is 0.385. The van der Waals surface area contributed by atoms with Gasteiger partial charge in [0.15, 0.2) is 5.16 Å². The van der Waals surface area contributed by atoms with Crippen LogP contribution in [0.3, 0.4) is 0 Å². The van der Waals surface area contributed by atoms with Crippen LogP contribution < -0.4 is 5.69 Å². The molecule has 0 saturated heterocycles. The summed E-state index contributed by atoms with van der Waals surface area (Å²) < 4.78 is 1.53. The van der Waals surface area contributed by atoms with Gasteiger partial charge in [-0.3, -0.25) is 4.57 Å². The van der Waals surface area contributed by atoms with E-state index in [1.165, 1.54) is 21.9 Å². The minimum absolute atomic E-state index is 0.241. The van der Waals surface area contributed by atoms with Gasteiger partial charge in [0.05, 0.1) is 5.56 Å². The Hall–Kier alpha value is -2.07. The number of rotatable bonds is 3. The fourth-order valence-electron chi connectivity index (χ4n) is 2.36. The van der Waals surface area contributed by atoms with Crippen LogP contribution in [-0.4, -0.2) is 19.7 Å². The van der Waals surface area contributed by atoms with Crippen LogP contribution in [0.4, 0.5) is 0 Å². The summed E-state index contributed by atoms with van der Waals surface area (Å²) in [4.78, 5) is 16.1. The number of hydrogen-bond acceptors (Lipinski definition) is 5. The Morgan fingerprint density at radius 3 is 3.15 bits per heavy atom. The Morgan fingerprint density at radius 1 is 1.55 bits per heavy atom. The van der Waals surface area contributed by atoms with E-state index in [0.29, 0.717) is 22.3 Å². The molecule has 2 aromatic rings. The molecule has 0 saturated carbocycles. The number of hydrogen-bond donors (Lipinski definition) is 1. The van der Waals surface area contributed by atoms with Gasteiger partial charge in [0.25, 0.3) is 0 Å². The van der Waals surface area contributed by atoms with Gasteiger partial charge in [-0.05, 0) is 49.6 Å². The maximum Gasteiger partial charge on any atom is 0.343 e. The van der Waals surface area contributed by atoms with E-state index < -0.39 is 0 Å². The highest BCUT2D eigenvalue weighted by Gasteiger charge is 2.19. The lowest BCUT2D eigenvalue weighted by Gasteiger charge is -2.06. The third-order valence-corrected chi connectivity index (χ3v) is 4.36. The third-order valence-electron chi connectivity index (χ3n) is 3.36. The average Bonchev–Trinajstić information content (AvgIpc) is 3.04. The molecular formula is C13H13N5OS. The van der Waals surface area contributed by atoms with E-state index in [9.17, 15) is 10.1 Å². The molecule has 1 N–H and O–H groups in total. The maximum atomic E-state index is 11.5. The van der Waals surface area contributed by atoms with E-state index in [1.807, 2.05) is 13.0 Å². The van der Waals surface area contributed by atoms with Crippen molar-refractivity contribution in [2.45, 2.75) is 42.9 Å². The monoisotopic (exact) mass is 287 g/mol. The van der Waals surface area contributed by atoms with Crippen molar-refractivity contribution in [1.29, 1.82) is 5.26 Å². The Balaban J connectivity index is 2.02. The molecule has 0 fully saturated rings. The highest BCUT2D eigenvalue weighted by atomic mass is 32.2. The van der Waals surface area contributed by atoms with E-state index in [2.05, 4.69) is 21.3 Å². The van der Waals surface area contributed by atoms with Gasteiger partial charge in [0.2, 0.25) is 0 Å². The van der Waals surface area contributed by atoms with Gasteiger partial charge in [0.1, 0.15) is 11.1 Å². The lowest BCUT2D eigenvalue weighted by Crippen LogP contribution is -2.16. The zero-order valence-corrected chi connectivity index (χ0v) is 11.8. The molecular weight excluding hydrogens is 274 g/mol. The summed E-state index contributed by atoms with van der Waals surface area (Å²) in [6, 6.07) is 4.10. The Morgan fingerprint density at radius 2 is 2.40 bits per heavy atom. The van der Waals surface area contributed by atoms with Gasteiger partial charge in [-0.25, -0.2) is 14.9 Å². The van der Waals surface area contributed by atoms with Crippen LogP contribution >= 0.6 is 11.8 Å². The van der Waals surface area contributed by atoms with Crippen molar-refractivity contribution in [2.24, 2.45) is 0 Å². The summed E-state index contributed by atoms with van der Waals surface area (Å²) in [5.74, 6) is 0. The SMILES string of the molecule is CCn1c(Sc2nc3c(cc2C#N)CCC3)n[nH]c1=O. The first-order chi connectivity index (χ1) is 9.72. The summed E-state index contributed by atoms with van der Waals surface area (Å²) in [5, 5.41) is 16.8. The zero-order valence-electron chi connectivity index (χ0n) is 11.0. The number of fused-ring (bicyclic) bond motifs is 1. The van der Waals surface area contributed by atoms with Crippen molar-refractivity contribution < 1.29 is 0 Å². The van der Waals surface area contributed by atoms with E-state index in [0.717, 1.165) is 25.0 Å². The molecule has 0 atom stereocenters. The Bertz CT molecular complexity index is 755. The molecule has 7 heteroatoms. The normalized spacial score (nSPS) is 13.2. The third kappa shape index (κ3) is 2.12. The van der Waals surface area contributed by atoms with E-state index in [1.54, 1.807) is 0 Å². The van der Waals surface area contributed by atoms with Crippen LogP contribution in [-0.2, 0) is 19.4 Å². The zero-order chi connectivity index (χ0) is 14.1. The highest BCUT2D eigenvalue weighted by Crippen LogP contribution is 2.30. The van der Waals surface area contributed by atoms with Crippen molar-refractivity contribution in [1.82, 2.24) is 19.7 Å². The van der Waals surface area contributed by atoms with Crippen LogP contribution in [0.2, 0.25) is 0 Å². The van der Waals surface area contributed by atoms with Gasteiger partial charge in [-0.15, -0.1) is 5.10 Å². The fourth-order valence-corrected chi connectivity index (χ4v) is 3.31. The van der Waals surface area contributed by atoms with Crippen molar-refractivity contribution in [3.63, 3.8) is 0 Å². The summed E-state index contributed by atoms with van der Waals surface area (Å²) in [6.07, 6.45) is 3.03. The molecule has 2 aromatic heterocycles. The molecule has 0 bridgehead atoms. The molecule has 0 aliphatic heterocycles. The molecule has 1 aliphatic carbocycles. The molecule has 0 amide bonds. The van der Waals surface area contributed by atoms with Crippen LogP contribution in [0, 0.1) is 11.3 Å². The first kappa shape index (κ1) is 12.9. The van der Waals surface area contributed by atoms with Crippen molar-refractivity contribution in [2.75, 3.05) is 0 Å². The first-order valence-electron chi connectivity index (χ1n) is 6.49. The van der Waals surface area contributed by atoms with Gasteiger partial charge >= 0.3 is 5.69 Å². The molecule has 102 valence electrons. The second-order valence-corrected chi connectivity index (χ2v) is 5.53. The Kier molecular flexibility index (Phi) is 3.32. The number of aromatic nitrogens is 4. The number of nitrogens with one attached hydrogen (secondary N) is 1. The number of aryl methyl sites for hydroxylation is 2. The molecule has 20 heavy (non-hydrogen) atoms. The summed E-state index contributed by atoms with van der Waals surface area (Å²) >= 11 is 1.26. The average molecular weight is 287 g/mol. The minimum atomic E-state index is -0.241. The predicted octanol–water partition coefficient (Wildman–Crippen LogP) is 1.50. The standard InChI is InChI=1S/C13H13N5OS/c1-2-18-12(19)16-17-13(18)20-11-9(7-14)6-8-4-3-5-10(8)15-11/h6H,2-5H2,1H3,(H,16,19). The van der Waals surface area contributed by atoms with Crippen molar-refractivity contribution in [3.05, 3.63) is 33.4 Å². The number of H-pyrrole nitrogens is 1. The lowest BCUT2D eigenvalue weighted by atomic mass is 10.2. The minimum Gasteiger partial charge on any atom is -0.270 e. The number of nitriles is 1. The van der Waals surface area contributed by atoms with Gasteiger partial charge in [0, 0.05) is 12.2 Å². The molecule has 3 rings (SSSR count). The molecule has 0 unspecified atom stereocenters. The first-order valence-corrected chi connectivity index (χ1v) is 7.30. The smallest absolute Gasteiger partial charge is 0.270 e. The topological polar surface area (TPSA) is 87.4 Å². The molecule has 0 aromatic carbocycles. The summed E-state index contributed by atoms with van der Waals surface area (Å²) in [6.45, 7) is 2.41. The maximum absolute atomic E-state index is 11.5. The van der Waals surface area contributed by atoms with E-state index in [-0.39, 0.29) is 5.69 Å². The van der Waals surface area contributed by atoms with E-state index >= 15 is 0 Å². The largest absolute Gasteiger partial charge is 0.343 e. The summed E-state index contributed by atoms with van der Waals surface area (Å²) in [5.41, 5.74) is 2.54. The highest BCUT2D eigenvalue weighted by molar-refractivity contribution is 7.99. The second kappa shape index (κ2) is 5.13. The molecule has 1 aliphatic rings. The summed E-state index contributed by atoms with van der Waals surface area (Å²) in [7, 11) is 0. The van der Waals surface area contributed by atoms with Gasteiger partial charge < -0.3 is 0 Å². The lowest BCUT2D eigenvalue weighted by molar-refractivity contribution is 0.660. The van der Waals surface area contributed by atoms with Crippen molar-refractivity contribution >= 4 is 11.8 Å². The second-order valence-electron chi connectivity index (χ2n) is 4.57. The molecule has 0 spiro atoms. The number of pyridine rings is 1. The Labute approximate surface area is 119 Å². The van der Waals surface area contributed by atoms with Crippen LogP contribution in [0.15, 0.2) is 21.0 Å². The van der Waals surface area contributed by atoms with Gasteiger partial charge in [-0.1, -0.05) is 0 Å². The quantitative estimate of drug-likeness (QED) is 0.924. The van der Waals surface area contributed by atoms with Crippen LogP contribution in [0.5, 0.6) is 0 Å². The predicted molar refractivity (Wildman–Crippen MR) is 73.6 cm³/mol. The van der Waals surface area contributed by atoms with Crippen molar-refractivity contribution in [3.8, 4) is 6.07 Å². The van der Waals surface area contributed by atoms with Crippen LogP contribution in [0.1, 0.15) is 30.2 Å². The molecule has 6 nitrogen and oxygen atoms in total. The molecule has 0 radical (unpaired) electrons. The van der Waals surface area contributed by atoms with Crippen LogP contribution in [0.25, 0.3) is 0 Å². The van der Waals surface area contributed by atoms with Gasteiger partial charge in [-0.2, -0.15) is 5.26 Å². The number of nitrogens with zero attached hydrogens (tertiary/aromatic N) is 4.